The van der Waals surface area contributed by atoms with Crippen LogP contribution in [0.25, 0.3) is 0 Å². The zero-order valence-corrected chi connectivity index (χ0v) is 31.8. The Morgan fingerprint density at radius 2 is 1.46 bits per heavy atom. The topological polar surface area (TPSA) is 66.6 Å². The van der Waals surface area contributed by atoms with Crippen molar-refractivity contribution in [3.8, 4) is 0 Å². The van der Waals surface area contributed by atoms with Crippen LogP contribution in [0.5, 0.6) is 0 Å². The highest BCUT2D eigenvalue weighted by atomic mass is 16.5. The third kappa shape index (κ3) is 9.56. The van der Waals surface area contributed by atoms with E-state index in [0.29, 0.717) is 53.8 Å². The van der Waals surface area contributed by atoms with Crippen molar-refractivity contribution < 1.29 is 9.47 Å². The first-order valence-corrected chi connectivity index (χ1v) is 20.9. The fraction of sp³-hybridized carbons (Fsp3) is 0.905. The molecule has 5 aliphatic rings. The van der Waals surface area contributed by atoms with Crippen molar-refractivity contribution in [1.82, 2.24) is 21.3 Å². The summed E-state index contributed by atoms with van der Waals surface area (Å²) < 4.78 is 12.9. The monoisotopic (exact) mass is 669 g/mol. The third-order valence-corrected chi connectivity index (χ3v) is 13.7. The number of hydrogen-bond donors (Lipinski definition) is 4. The highest BCUT2D eigenvalue weighted by Crippen LogP contribution is 2.49. The van der Waals surface area contributed by atoms with Crippen molar-refractivity contribution >= 4 is 0 Å². The molecule has 48 heavy (non-hydrogen) atoms. The smallest absolute Gasteiger partial charge is 0.0645 e. The highest BCUT2D eigenvalue weighted by Gasteiger charge is 2.56. The predicted octanol–water partition coefficient (Wildman–Crippen LogP) is 7.79. The quantitative estimate of drug-likeness (QED) is 0.134. The van der Waals surface area contributed by atoms with Crippen LogP contribution in [0.3, 0.4) is 0 Å². The van der Waals surface area contributed by atoms with Crippen LogP contribution >= 0.6 is 0 Å². The van der Waals surface area contributed by atoms with Crippen LogP contribution in [0.2, 0.25) is 0 Å². The van der Waals surface area contributed by atoms with E-state index in [4.69, 9.17) is 9.47 Å². The van der Waals surface area contributed by atoms with Gasteiger partial charge in [-0.3, -0.25) is 0 Å². The molecule has 11 unspecified atom stereocenters. The highest BCUT2D eigenvalue weighted by molar-refractivity contribution is 5.14. The van der Waals surface area contributed by atoms with Gasteiger partial charge in [-0.2, -0.15) is 0 Å². The van der Waals surface area contributed by atoms with Gasteiger partial charge >= 0.3 is 0 Å². The fourth-order valence-electron chi connectivity index (χ4n) is 10.8. The molecule has 1 saturated carbocycles. The van der Waals surface area contributed by atoms with E-state index in [1.165, 1.54) is 110 Å². The van der Waals surface area contributed by atoms with E-state index in [1.54, 1.807) is 0 Å². The summed E-state index contributed by atoms with van der Waals surface area (Å²) in [6.45, 7) is 14.7. The first kappa shape index (κ1) is 38.5. The normalized spacial score (nSPS) is 39.0. The average Bonchev–Trinajstić information content (AvgIpc) is 3.14. The van der Waals surface area contributed by atoms with Crippen LogP contribution in [0.4, 0.5) is 0 Å². The summed E-state index contributed by atoms with van der Waals surface area (Å²) in [4.78, 5) is 0. The maximum atomic E-state index is 6.77. The van der Waals surface area contributed by atoms with Gasteiger partial charge < -0.3 is 30.7 Å². The number of rotatable bonds is 15. The van der Waals surface area contributed by atoms with Gasteiger partial charge in [-0.05, 0) is 122 Å². The molecule has 4 saturated heterocycles. The zero-order chi connectivity index (χ0) is 33.8. The van der Waals surface area contributed by atoms with Gasteiger partial charge in [0.15, 0.2) is 0 Å². The van der Waals surface area contributed by atoms with E-state index in [2.05, 4.69) is 73.3 Å². The van der Waals surface area contributed by atoms with E-state index >= 15 is 0 Å². The lowest BCUT2D eigenvalue weighted by atomic mass is 9.54. The number of methoxy groups -OCH3 is 1. The van der Waals surface area contributed by atoms with Gasteiger partial charge in [-0.25, -0.2) is 0 Å². The van der Waals surface area contributed by atoms with Gasteiger partial charge in [0.2, 0.25) is 0 Å². The lowest BCUT2D eigenvalue weighted by Gasteiger charge is -2.60. The second-order valence-corrected chi connectivity index (χ2v) is 16.7. The number of unbranched alkanes of at least 4 members (excludes halogenated alkanes) is 1. The summed E-state index contributed by atoms with van der Waals surface area (Å²) in [6, 6.07) is 2.42. The first-order valence-electron chi connectivity index (χ1n) is 20.9. The van der Waals surface area contributed by atoms with Crippen LogP contribution in [0.15, 0.2) is 24.3 Å². The van der Waals surface area contributed by atoms with E-state index in [0.717, 1.165) is 26.0 Å². The van der Waals surface area contributed by atoms with Crippen molar-refractivity contribution in [2.24, 2.45) is 35.0 Å². The molecule has 0 amide bonds. The molecule has 5 fully saturated rings. The lowest BCUT2D eigenvalue weighted by Crippen LogP contribution is -2.72. The number of ether oxygens (including phenoxy) is 2. The standard InChI is InChI=1S/C42H76N4O2/c1-6-9-15-32(8-3)30-48-38-27-35(37(47-5)26-34(38)14-7-2)21-19-33-20-23-41(46-28-33)42(39-16-10-12-24-43-39,40-17-11-13-25-44-40)36-22-18-31(4)45-29-36/h7,14,19,21,31-41,43-46H,6,8-13,15-18,20,22-30H2,1-5H3. The molecular weight excluding hydrogens is 592 g/mol. The predicted molar refractivity (Wildman–Crippen MR) is 202 cm³/mol. The summed E-state index contributed by atoms with van der Waals surface area (Å²) >= 11 is 0. The maximum Gasteiger partial charge on any atom is 0.0645 e. The van der Waals surface area contributed by atoms with Gasteiger partial charge in [0.25, 0.3) is 0 Å². The molecule has 0 aromatic carbocycles. The Labute approximate surface area is 296 Å². The van der Waals surface area contributed by atoms with Crippen LogP contribution < -0.4 is 21.3 Å². The van der Waals surface area contributed by atoms with Crippen LogP contribution in [0, 0.1) is 35.0 Å². The van der Waals surface area contributed by atoms with E-state index < -0.39 is 0 Å². The SMILES string of the molecule is CC=CC1CC(OC)C(C=CC2CCC(C(C3CCC(C)NC3)(C3CCCCN3)C3CCCCN3)NC2)CC1OCC(CC)CCCC. The minimum Gasteiger partial charge on any atom is -0.381 e. The lowest BCUT2D eigenvalue weighted by molar-refractivity contribution is -0.0684. The molecule has 1 aliphatic carbocycles. The molecule has 5 rings (SSSR count). The van der Waals surface area contributed by atoms with Gasteiger partial charge in [0, 0.05) is 61.7 Å². The van der Waals surface area contributed by atoms with Gasteiger partial charge in [0.1, 0.15) is 0 Å². The first-order chi connectivity index (χ1) is 23.5. The van der Waals surface area contributed by atoms with Crippen LogP contribution in [0.1, 0.15) is 130 Å². The molecule has 11 atom stereocenters. The number of hydrogen-bond acceptors (Lipinski definition) is 6. The molecule has 276 valence electrons. The maximum absolute atomic E-state index is 6.77. The molecule has 4 N–H and O–H groups in total. The number of allylic oxidation sites excluding steroid dienone is 1. The van der Waals surface area contributed by atoms with E-state index in [1.807, 2.05) is 7.11 Å². The third-order valence-electron chi connectivity index (χ3n) is 13.7. The molecule has 0 spiro atoms. The van der Waals surface area contributed by atoms with Crippen molar-refractivity contribution in [2.75, 3.05) is 39.9 Å². The summed E-state index contributed by atoms with van der Waals surface area (Å²) in [5.74, 6) is 2.84. The van der Waals surface area contributed by atoms with Crippen molar-refractivity contribution in [1.29, 1.82) is 0 Å². The summed E-state index contributed by atoms with van der Waals surface area (Å²) in [5, 5.41) is 16.5. The minimum absolute atomic E-state index is 0.257. The number of piperidine rings is 4. The van der Waals surface area contributed by atoms with Crippen molar-refractivity contribution in [2.45, 2.75) is 167 Å². The molecule has 0 aromatic rings. The Hall–Kier alpha value is -0.760. The Morgan fingerprint density at radius 3 is 2.02 bits per heavy atom. The summed E-state index contributed by atoms with van der Waals surface area (Å²) in [5.41, 5.74) is 0.257. The molecule has 0 bridgehead atoms. The second kappa shape index (κ2) is 19.7. The largest absolute Gasteiger partial charge is 0.381 e. The van der Waals surface area contributed by atoms with E-state index in [-0.39, 0.29) is 17.6 Å². The van der Waals surface area contributed by atoms with Gasteiger partial charge in [-0.1, -0.05) is 70.3 Å². The number of nitrogens with one attached hydrogen (secondary N) is 4. The Kier molecular flexibility index (Phi) is 15.8. The van der Waals surface area contributed by atoms with Crippen LogP contribution in [-0.4, -0.2) is 76.3 Å². The van der Waals surface area contributed by atoms with Crippen molar-refractivity contribution in [3.63, 3.8) is 0 Å². The molecule has 4 heterocycles. The van der Waals surface area contributed by atoms with Gasteiger partial charge in [0.05, 0.1) is 12.2 Å². The molecule has 6 nitrogen and oxygen atoms in total. The summed E-state index contributed by atoms with van der Waals surface area (Å²) in [7, 11) is 1.92. The van der Waals surface area contributed by atoms with Gasteiger partial charge in [-0.15, -0.1) is 0 Å². The zero-order valence-electron chi connectivity index (χ0n) is 31.8. The minimum atomic E-state index is 0.257. The molecule has 0 aromatic heterocycles. The van der Waals surface area contributed by atoms with E-state index in [9.17, 15) is 0 Å². The molecule has 6 heteroatoms. The average molecular weight is 669 g/mol. The van der Waals surface area contributed by atoms with Crippen LogP contribution in [-0.2, 0) is 9.47 Å². The second-order valence-electron chi connectivity index (χ2n) is 16.7. The summed E-state index contributed by atoms with van der Waals surface area (Å²) in [6.07, 6.45) is 30.8. The Morgan fingerprint density at radius 1 is 0.750 bits per heavy atom. The molecule has 4 aliphatic heterocycles. The molecule has 0 radical (unpaired) electrons. The Bertz CT molecular complexity index is 925. The Balaban J connectivity index is 1.27. The fourth-order valence-corrected chi connectivity index (χ4v) is 10.8. The van der Waals surface area contributed by atoms with Crippen molar-refractivity contribution in [3.05, 3.63) is 24.3 Å². The molecular formula is C42H76N4O2.